The second-order valence-electron chi connectivity index (χ2n) is 8.17. The van der Waals surface area contributed by atoms with Gasteiger partial charge in [-0.3, -0.25) is 4.90 Å². The van der Waals surface area contributed by atoms with E-state index < -0.39 is 0 Å². The number of likely N-dealkylation sites (N-methyl/N-ethyl adjacent to an activating group) is 1. The Hall–Kier alpha value is -0.120. The maximum atomic E-state index is 3.76. The van der Waals surface area contributed by atoms with Crippen LogP contribution >= 0.6 is 0 Å². The topological polar surface area (TPSA) is 18.5 Å². The van der Waals surface area contributed by atoms with Crippen LogP contribution in [0.3, 0.4) is 0 Å². The van der Waals surface area contributed by atoms with Gasteiger partial charge in [-0.15, -0.1) is 0 Å². The Labute approximate surface area is 132 Å². The Morgan fingerprint density at radius 1 is 1.14 bits per heavy atom. The van der Waals surface area contributed by atoms with Crippen molar-refractivity contribution in [1.29, 1.82) is 0 Å². The zero-order valence-corrected chi connectivity index (χ0v) is 14.8. The third-order valence-electron chi connectivity index (χ3n) is 5.44. The molecule has 1 saturated heterocycles. The fourth-order valence-electron chi connectivity index (χ4n) is 4.23. The molecule has 1 unspecified atom stereocenters. The summed E-state index contributed by atoms with van der Waals surface area (Å²) in [6.45, 7) is 14.5. The van der Waals surface area contributed by atoms with Crippen molar-refractivity contribution in [2.45, 2.75) is 58.9 Å². The van der Waals surface area contributed by atoms with Crippen LogP contribution in [-0.4, -0.2) is 62.2 Å². The Bertz CT molecular complexity index is 297. The first-order valence-electron chi connectivity index (χ1n) is 9.14. The molecule has 0 radical (unpaired) electrons. The molecule has 2 fully saturated rings. The lowest BCUT2D eigenvalue weighted by molar-refractivity contribution is 0.115. The molecule has 0 amide bonds. The SMILES string of the molecule is CC(C)CNCC1(CN2CCCN(C)CC2C)CCCC1. The zero-order chi connectivity index (χ0) is 15.3. The van der Waals surface area contributed by atoms with Gasteiger partial charge in [0, 0.05) is 25.7 Å². The van der Waals surface area contributed by atoms with E-state index >= 15 is 0 Å². The summed E-state index contributed by atoms with van der Waals surface area (Å²) < 4.78 is 0. The summed E-state index contributed by atoms with van der Waals surface area (Å²) in [6.07, 6.45) is 7.06. The van der Waals surface area contributed by atoms with Crippen molar-refractivity contribution in [1.82, 2.24) is 15.1 Å². The predicted molar refractivity (Wildman–Crippen MR) is 91.8 cm³/mol. The van der Waals surface area contributed by atoms with Crippen molar-refractivity contribution < 1.29 is 0 Å². The molecule has 1 aliphatic carbocycles. The Kier molecular flexibility index (Phi) is 6.51. The molecule has 3 heteroatoms. The normalized spacial score (nSPS) is 28.1. The third-order valence-corrected chi connectivity index (χ3v) is 5.44. The molecule has 1 heterocycles. The van der Waals surface area contributed by atoms with Crippen LogP contribution in [0.5, 0.6) is 0 Å². The highest BCUT2D eigenvalue weighted by molar-refractivity contribution is 4.91. The summed E-state index contributed by atoms with van der Waals surface area (Å²) in [4.78, 5) is 5.29. The highest BCUT2D eigenvalue weighted by Gasteiger charge is 2.36. The number of rotatable bonds is 6. The van der Waals surface area contributed by atoms with Crippen LogP contribution in [0.25, 0.3) is 0 Å². The summed E-state index contributed by atoms with van der Waals surface area (Å²) in [5, 5.41) is 3.76. The molecule has 1 N–H and O–H groups in total. The molecule has 2 aliphatic rings. The van der Waals surface area contributed by atoms with E-state index in [-0.39, 0.29) is 0 Å². The van der Waals surface area contributed by atoms with Gasteiger partial charge in [-0.25, -0.2) is 0 Å². The first-order chi connectivity index (χ1) is 10.0. The van der Waals surface area contributed by atoms with Gasteiger partial charge < -0.3 is 10.2 Å². The quantitative estimate of drug-likeness (QED) is 0.813. The summed E-state index contributed by atoms with van der Waals surface area (Å²) in [6, 6.07) is 0.708. The van der Waals surface area contributed by atoms with Crippen LogP contribution in [0.15, 0.2) is 0 Å². The van der Waals surface area contributed by atoms with Crippen molar-refractivity contribution in [3.63, 3.8) is 0 Å². The van der Waals surface area contributed by atoms with E-state index in [0.29, 0.717) is 11.5 Å². The van der Waals surface area contributed by atoms with E-state index in [1.165, 1.54) is 71.4 Å². The molecule has 0 bridgehead atoms. The number of nitrogens with zero attached hydrogens (tertiary/aromatic N) is 2. The second kappa shape index (κ2) is 7.94. The molecule has 3 nitrogen and oxygen atoms in total. The van der Waals surface area contributed by atoms with Gasteiger partial charge in [-0.05, 0) is 64.2 Å². The van der Waals surface area contributed by atoms with Gasteiger partial charge in [-0.2, -0.15) is 0 Å². The monoisotopic (exact) mass is 295 g/mol. The second-order valence-corrected chi connectivity index (χ2v) is 8.17. The lowest BCUT2D eigenvalue weighted by atomic mass is 9.84. The summed E-state index contributed by atoms with van der Waals surface area (Å²) >= 11 is 0. The molecule has 1 saturated carbocycles. The lowest BCUT2D eigenvalue weighted by Crippen LogP contribution is -2.47. The molecule has 0 aromatic rings. The fourth-order valence-corrected chi connectivity index (χ4v) is 4.23. The van der Waals surface area contributed by atoms with E-state index in [4.69, 9.17) is 0 Å². The summed E-state index contributed by atoms with van der Waals surface area (Å²) in [5.74, 6) is 0.759. The van der Waals surface area contributed by atoms with Gasteiger partial charge in [0.15, 0.2) is 0 Å². The summed E-state index contributed by atoms with van der Waals surface area (Å²) in [5.41, 5.74) is 0.548. The molecule has 124 valence electrons. The van der Waals surface area contributed by atoms with Crippen molar-refractivity contribution in [3.05, 3.63) is 0 Å². The van der Waals surface area contributed by atoms with Gasteiger partial charge in [0.25, 0.3) is 0 Å². The number of hydrogen-bond donors (Lipinski definition) is 1. The third kappa shape index (κ3) is 5.22. The van der Waals surface area contributed by atoms with Gasteiger partial charge in [0.05, 0.1) is 0 Å². The lowest BCUT2D eigenvalue weighted by Gasteiger charge is -2.38. The van der Waals surface area contributed by atoms with E-state index in [0.717, 1.165) is 5.92 Å². The number of nitrogens with one attached hydrogen (secondary N) is 1. The molecule has 1 atom stereocenters. The molecule has 2 rings (SSSR count). The molecule has 0 spiro atoms. The first-order valence-corrected chi connectivity index (χ1v) is 9.14. The highest BCUT2D eigenvalue weighted by atomic mass is 15.2. The Balaban J connectivity index is 1.91. The maximum absolute atomic E-state index is 3.76. The van der Waals surface area contributed by atoms with Crippen LogP contribution in [0.2, 0.25) is 0 Å². The van der Waals surface area contributed by atoms with Crippen molar-refractivity contribution in [2.75, 3.05) is 46.3 Å². The highest BCUT2D eigenvalue weighted by Crippen LogP contribution is 2.39. The van der Waals surface area contributed by atoms with E-state index in [9.17, 15) is 0 Å². The van der Waals surface area contributed by atoms with E-state index in [1.54, 1.807) is 0 Å². The minimum absolute atomic E-state index is 0.548. The molecule has 0 aromatic carbocycles. The molecule has 21 heavy (non-hydrogen) atoms. The van der Waals surface area contributed by atoms with Crippen molar-refractivity contribution in [3.8, 4) is 0 Å². The average molecular weight is 296 g/mol. The smallest absolute Gasteiger partial charge is 0.0195 e. The molecule has 0 aromatic heterocycles. The minimum Gasteiger partial charge on any atom is -0.316 e. The van der Waals surface area contributed by atoms with Crippen molar-refractivity contribution in [2.24, 2.45) is 11.3 Å². The molecule has 1 aliphatic heterocycles. The van der Waals surface area contributed by atoms with Crippen molar-refractivity contribution >= 4 is 0 Å². The van der Waals surface area contributed by atoms with Gasteiger partial charge in [-0.1, -0.05) is 26.7 Å². The van der Waals surface area contributed by atoms with E-state index in [1.807, 2.05) is 0 Å². The van der Waals surface area contributed by atoms with Gasteiger partial charge in [0.2, 0.25) is 0 Å². The van der Waals surface area contributed by atoms with Gasteiger partial charge >= 0.3 is 0 Å². The van der Waals surface area contributed by atoms with Crippen LogP contribution in [0.4, 0.5) is 0 Å². The number of hydrogen-bond acceptors (Lipinski definition) is 3. The van der Waals surface area contributed by atoms with Crippen LogP contribution in [0.1, 0.15) is 52.9 Å². The first kappa shape index (κ1) is 17.2. The van der Waals surface area contributed by atoms with E-state index in [2.05, 4.69) is 42.9 Å². The summed E-state index contributed by atoms with van der Waals surface area (Å²) in [7, 11) is 2.27. The maximum Gasteiger partial charge on any atom is 0.0195 e. The standard InChI is InChI=1S/C18H37N3/c1-16(2)12-19-14-18(8-5-6-9-18)15-21-11-7-10-20(4)13-17(21)3/h16-17,19H,5-15H2,1-4H3. The zero-order valence-electron chi connectivity index (χ0n) is 14.8. The average Bonchev–Trinajstić information content (AvgIpc) is 2.79. The Morgan fingerprint density at radius 3 is 2.52 bits per heavy atom. The van der Waals surface area contributed by atoms with Crippen LogP contribution in [0, 0.1) is 11.3 Å². The predicted octanol–water partition coefficient (Wildman–Crippen LogP) is 2.82. The fraction of sp³-hybridized carbons (Fsp3) is 1.00. The Morgan fingerprint density at radius 2 is 1.86 bits per heavy atom. The molecular formula is C18H37N3. The largest absolute Gasteiger partial charge is 0.316 e. The minimum atomic E-state index is 0.548. The molecular weight excluding hydrogens is 258 g/mol. The van der Waals surface area contributed by atoms with Crippen LogP contribution < -0.4 is 5.32 Å². The van der Waals surface area contributed by atoms with Gasteiger partial charge in [0.1, 0.15) is 0 Å². The van der Waals surface area contributed by atoms with Crippen LogP contribution in [-0.2, 0) is 0 Å².